The topological polar surface area (TPSA) is 97.3 Å². The summed E-state index contributed by atoms with van der Waals surface area (Å²) in [4.78, 5) is 11.1. The standard InChI is InChI=1S/C28H27ClFNO6/c1-15-11-25(21(29)12-16(15)13-31-22(14-32)28(33)34)37-23-7-5-18-17(3-2-4-19(18)23)20-6-8-24-27(26(20)30)36-10-9-35-24/h2-4,6,8,11-12,22-23,31-32H,5,7,9-10,13-14H2,1H3,(H,33,34)/t22?,23-/m0/s1. The van der Waals surface area contributed by atoms with Crippen LogP contribution in [0.15, 0.2) is 42.5 Å². The second-order valence-corrected chi connectivity index (χ2v) is 9.54. The molecule has 0 radical (unpaired) electrons. The molecule has 5 rings (SSSR count). The first-order valence-corrected chi connectivity index (χ1v) is 12.5. The number of aryl methyl sites for hydroxylation is 1. The van der Waals surface area contributed by atoms with E-state index in [-0.39, 0.29) is 18.4 Å². The van der Waals surface area contributed by atoms with Crippen molar-refractivity contribution in [3.05, 3.63) is 75.6 Å². The Labute approximate surface area is 218 Å². The molecular weight excluding hydrogens is 501 g/mol. The van der Waals surface area contributed by atoms with Gasteiger partial charge < -0.3 is 24.4 Å². The summed E-state index contributed by atoms with van der Waals surface area (Å²) in [6.45, 7) is 2.33. The molecule has 37 heavy (non-hydrogen) atoms. The number of hydrogen-bond acceptors (Lipinski definition) is 6. The molecule has 7 nitrogen and oxygen atoms in total. The zero-order valence-electron chi connectivity index (χ0n) is 20.2. The summed E-state index contributed by atoms with van der Waals surface area (Å²) in [6.07, 6.45) is 1.19. The molecule has 0 saturated carbocycles. The number of carboxylic acids is 1. The third kappa shape index (κ3) is 4.97. The summed E-state index contributed by atoms with van der Waals surface area (Å²) < 4.78 is 32.7. The number of fused-ring (bicyclic) bond motifs is 2. The van der Waals surface area contributed by atoms with Crippen molar-refractivity contribution in [3.63, 3.8) is 0 Å². The maximum atomic E-state index is 15.4. The molecule has 3 aromatic carbocycles. The molecule has 0 fully saturated rings. The first kappa shape index (κ1) is 25.3. The lowest BCUT2D eigenvalue weighted by molar-refractivity contribution is -0.140. The Bertz CT molecular complexity index is 1350. The van der Waals surface area contributed by atoms with Crippen LogP contribution in [0.3, 0.4) is 0 Å². The Hall–Kier alpha value is -3.33. The molecule has 1 unspecified atom stereocenters. The highest BCUT2D eigenvalue weighted by Gasteiger charge is 2.29. The van der Waals surface area contributed by atoms with E-state index in [1.165, 1.54) is 0 Å². The van der Waals surface area contributed by atoms with Gasteiger partial charge in [0, 0.05) is 12.1 Å². The van der Waals surface area contributed by atoms with Crippen molar-refractivity contribution in [2.24, 2.45) is 0 Å². The third-order valence-electron chi connectivity index (χ3n) is 6.83. The van der Waals surface area contributed by atoms with Crippen LogP contribution in [0.1, 0.15) is 34.8 Å². The molecule has 9 heteroatoms. The van der Waals surface area contributed by atoms with E-state index in [2.05, 4.69) is 5.32 Å². The number of aliphatic carboxylic acids is 1. The molecule has 3 N–H and O–H groups in total. The van der Waals surface area contributed by atoms with Gasteiger partial charge in [0.05, 0.1) is 11.6 Å². The monoisotopic (exact) mass is 527 g/mol. The second-order valence-electron chi connectivity index (χ2n) is 9.13. The Morgan fingerprint density at radius 3 is 2.81 bits per heavy atom. The van der Waals surface area contributed by atoms with Gasteiger partial charge in [-0.15, -0.1) is 0 Å². The number of benzene rings is 3. The molecule has 1 heterocycles. The van der Waals surface area contributed by atoms with Gasteiger partial charge in [-0.3, -0.25) is 10.1 Å². The van der Waals surface area contributed by atoms with Crippen LogP contribution < -0.4 is 19.5 Å². The Kier molecular flexibility index (Phi) is 7.24. The van der Waals surface area contributed by atoms with Gasteiger partial charge in [0.15, 0.2) is 17.3 Å². The number of ether oxygens (including phenoxy) is 3. The molecule has 0 aromatic heterocycles. The molecule has 194 valence electrons. The molecule has 1 aliphatic heterocycles. The van der Waals surface area contributed by atoms with Gasteiger partial charge in [-0.1, -0.05) is 29.8 Å². The minimum atomic E-state index is -1.12. The van der Waals surface area contributed by atoms with Gasteiger partial charge in [-0.05, 0) is 71.8 Å². The number of aliphatic hydroxyl groups is 1. The van der Waals surface area contributed by atoms with E-state index >= 15 is 4.39 Å². The molecular formula is C28H27ClFNO6. The van der Waals surface area contributed by atoms with Crippen LogP contribution in [0.2, 0.25) is 5.02 Å². The first-order valence-electron chi connectivity index (χ1n) is 12.1. The molecule has 0 amide bonds. The van der Waals surface area contributed by atoms with Crippen LogP contribution in [-0.4, -0.2) is 42.0 Å². The van der Waals surface area contributed by atoms with Crippen LogP contribution in [0, 0.1) is 12.7 Å². The van der Waals surface area contributed by atoms with Crippen molar-refractivity contribution in [1.82, 2.24) is 5.32 Å². The van der Waals surface area contributed by atoms with Crippen molar-refractivity contribution in [1.29, 1.82) is 0 Å². The van der Waals surface area contributed by atoms with E-state index in [4.69, 9.17) is 30.9 Å². The SMILES string of the molecule is Cc1cc(O[C@H]2CCc3c(-c4ccc5c(c4F)OCCO5)cccc32)c(Cl)cc1CNC(CO)C(=O)O. The summed E-state index contributed by atoms with van der Waals surface area (Å²) in [6, 6.07) is 11.8. The molecule has 2 atom stereocenters. The van der Waals surface area contributed by atoms with Crippen molar-refractivity contribution >= 4 is 17.6 Å². The zero-order chi connectivity index (χ0) is 26.1. The van der Waals surface area contributed by atoms with E-state index < -0.39 is 24.4 Å². The highest BCUT2D eigenvalue weighted by atomic mass is 35.5. The van der Waals surface area contributed by atoms with Gasteiger partial charge in [0.1, 0.15) is 31.1 Å². The Balaban J connectivity index is 1.38. The number of halogens is 2. The van der Waals surface area contributed by atoms with Crippen molar-refractivity contribution in [2.45, 2.75) is 38.5 Å². The van der Waals surface area contributed by atoms with Gasteiger partial charge in [0.2, 0.25) is 0 Å². The van der Waals surface area contributed by atoms with Crippen molar-refractivity contribution in [3.8, 4) is 28.4 Å². The van der Waals surface area contributed by atoms with Crippen LogP contribution in [0.5, 0.6) is 17.2 Å². The van der Waals surface area contributed by atoms with Gasteiger partial charge in [-0.25, -0.2) is 4.39 Å². The summed E-state index contributed by atoms with van der Waals surface area (Å²) in [7, 11) is 0. The number of carbonyl (C=O) groups is 1. The average molecular weight is 528 g/mol. The van der Waals surface area contributed by atoms with E-state index in [1.54, 1.807) is 18.2 Å². The van der Waals surface area contributed by atoms with Crippen LogP contribution in [0.4, 0.5) is 4.39 Å². The maximum Gasteiger partial charge on any atom is 0.323 e. The van der Waals surface area contributed by atoms with E-state index in [1.807, 2.05) is 31.2 Å². The maximum absolute atomic E-state index is 15.4. The van der Waals surface area contributed by atoms with Crippen LogP contribution in [0.25, 0.3) is 11.1 Å². The van der Waals surface area contributed by atoms with Crippen molar-refractivity contribution in [2.75, 3.05) is 19.8 Å². The summed E-state index contributed by atoms with van der Waals surface area (Å²) in [5, 5.41) is 21.5. The van der Waals surface area contributed by atoms with E-state index in [0.717, 1.165) is 34.2 Å². The fraction of sp³-hybridized carbons (Fsp3) is 0.321. The predicted molar refractivity (Wildman–Crippen MR) is 136 cm³/mol. The molecule has 3 aromatic rings. The minimum absolute atomic E-state index is 0.151. The Morgan fingerprint density at radius 1 is 1.22 bits per heavy atom. The lowest BCUT2D eigenvalue weighted by Gasteiger charge is -2.21. The van der Waals surface area contributed by atoms with Gasteiger partial charge in [-0.2, -0.15) is 0 Å². The van der Waals surface area contributed by atoms with Gasteiger partial charge >= 0.3 is 5.97 Å². The highest BCUT2D eigenvalue weighted by molar-refractivity contribution is 6.32. The quantitative estimate of drug-likeness (QED) is 0.386. The number of aliphatic hydroxyl groups excluding tert-OH is 1. The zero-order valence-corrected chi connectivity index (χ0v) is 21.0. The fourth-order valence-corrected chi connectivity index (χ4v) is 5.11. The number of nitrogens with one attached hydrogen (secondary N) is 1. The number of hydrogen-bond donors (Lipinski definition) is 3. The summed E-state index contributed by atoms with van der Waals surface area (Å²) >= 11 is 6.54. The predicted octanol–water partition coefficient (Wildman–Crippen LogP) is 4.83. The summed E-state index contributed by atoms with van der Waals surface area (Å²) in [5.41, 5.74) is 4.96. The van der Waals surface area contributed by atoms with Crippen LogP contribution in [-0.2, 0) is 17.8 Å². The molecule has 1 aliphatic carbocycles. The largest absolute Gasteiger partial charge is 0.486 e. The number of rotatable bonds is 8. The van der Waals surface area contributed by atoms with E-state index in [0.29, 0.717) is 41.7 Å². The lowest BCUT2D eigenvalue weighted by atomic mass is 9.96. The first-order chi connectivity index (χ1) is 17.9. The molecule has 2 aliphatic rings. The minimum Gasteiger partial charge on any atom is -0.486 e. The Morgan fingerprint density at radius 2 is 2.03 bits per heavy atom. The summed E-state index contributed by atoms with van der Waals surface area (Å²) in [5.74, 6) is -0.461. The average Bonchev–Trinajstić information content (AvgIpc) is 3.30. The van der Waals surface area contributed by atoms with Crippen molar-refractivity contribution < 1.29 is 33.6 Å². The second kappa shape index (κ2) is 10.6. The van der Waals surface area contributed by atoms with Gasteiger partial charge in [0.25, 0.3) is 0 Å². The highest BCUT2D eigenvalue weighted by Crippen LogP contribution is 2.45. The van der Waals surface area contributed by atoms with E-state index in [9.17, 15) is 9.90 Å². The molecule has 0 spiro atoms. The smallest absolute Gasteiger partial charge is 0.323 e. The normalized spacial score (nSPS) is 16.8. The molecule has 0 saturated heterocycles. The lowest BCUT2D eigenvalue weighted by Crippen LogP contribution is -2.39. The molecule has 0 bridgehead atoms. The number of carboxylic acid groups (broad SMARTS) is 1. The van der Waals surface area contributed by atoms with Crippen LogP contribution >= 0.6 is 11.6 Å². The third-order valence-corrected chi connectivity index (χ3v) is 7.13. The fourth-order valence-electron chi connectivity index (χ4n) is 4.87.